The molecule has 0 aliphatic carbocycles. The van der Waals surface area contributed by atoms with Crippen LogP contribution in [0.4, 0.5) is 5.69 Å². The molecule has 0 fully saturated rings. The molecular weight excluding hydrogens is 236 g/mol. The molecule has 0 saturated heterocycles. The van der Waals surface area contributed by atoms with Crippen molar-refractivity contribution in [2.24, 2.45) is 5.10 Å². The molecule has 98 valence electrons. The van der Waals surface area contributed by atoms with Gasteiger partial charge in [0.05, 0.1) is 18.5 Å². The van der Waals surface area contributed by atoms with Crippen molar-refractivity contribution in [3.8, 4) is 5.75 Å². The van der Waals surface area contributed by atoms with Crippen molar-refractivity contribution in [3.63, 3.8) is 0 Å². The van der Waals surface area contributed by atoms with Gasteiger partial charge in [-0.05, 0) is 48.9 Å². The predicted octanol–water partition coefficient (Wildman–Crippen LogP) is 3.56. The Balaban J connectivity index is 2.02. The first-order valence-electron chi connectivity index (χ1n) is 6.35. The standard InChI is InChI=1S/C16H18N2O/c1-3-19-16-11-9-14(10-12-16)13-17-18(2)15-7-5-4-6-8-15/h4-13H,3H2,1-2H3/b17-13+. The molecule has 0 amide bonds. The van der Waals surface area contributed by atoms with E-state index in [1.165, 1.54) is 0 Å². The summed E-state index contributed by atoms with van der Waals surface area (Å²) in [5.74, 6) is 0.885. The Labute approximate surface area is 114 Å². The highest BCUT2D eigenvalue weighted by molar-refractivity contribution is 5.80. The van der Waals surface area contributed by atoms with E-state index in [1.54, 1.807) is 0 Å². The lowest BCUT2D eigenvalue weighted by atomic mass is 10.2. The van der Waals surface area contributed by atoms with E-state index >= 15 is 0 Å². The largest absolute Gasteiger partial charge is 0.494 e. The van der Waals surface area contributed by atoms with Crippen molar-refractivity contribution in [3.05, 3.63) is 60.2 Å². The molecule has 0 aliphatic heterocycles. The Bertz CT molecular complexity index is 520. The average molecular weight is 254 g/mol. The van der Waals surface area contributed by atoms with Gasteiger partial charge in [-0.2, -0.15) is 5.10 Å². The SMILES string of the molecule is CCOc1ccc(/C=N/N(C)c2ccccc2)cc1. The molecule has 0 spiro atoms. The number of rotatable bonds is 5. The third-order valence-corrected chi connectivity index (χ3v) is 2.70. The molecule has 0 aliphatic rings. The highest BCUT2D eigenvalue weighted by Crippen LogP contribution is 2.13. The van der Waals surface area contributed by atoms with Gasteiger partial charge >= 0.3 is 0 Å². The maximum Gasteiger partial charge on any atom is 0.119 e. The number of hydrazone groups is 1. The summed E-state index contributed by atoms with van der Waals surface area (Å²) in [5, 5.41) is 6.25. The summed E-state index contributed by atoms with van der Waals surface area (Å²) in [6.07, 6.45) is 1.84. The summed E-state index contributed by atoms with van der Waals surface area (Å²) in [6.45, 7) is 2.66. The molecule has 2 rings (SSSR count). The van der Waals surface area contributed by atoms with Crippen LogP contribution in [-0.4, -0.2) is 19.9 Å². The number of hydrogen-bond acceptors (Lipinski definition) is 3. The van der Waals surface area contributed by atoms with Gasteiger partial charge in [-0.25, -0.2) is 0 Å². The average Bonchev–Trinajstić information content (AvgIpc) is 2.47. The van der Waals surface area contributed by atoms with Crippen LogP contribution in [0, 0.1) is 0 Å². The predicted molar refractivity (Wildman–Crippen MR) is 80.1 cm³/mol. The third kappa shape index (κ3) is 3.85. The van der Waals surface area contributed by atoms with Gasteiger partial charge in [0.2, 0.25) is 0 Å². The van der Waals surface area contributed by atoms with E-state index in [-0.39, 0.29) is 0 Å². The van der Waals surface area contributed by atoms with Crippen LogP contribution in [0.2, 0.25) is 0 Å². The smallest absolute Gasteiger partial charge is 0.119 e. The van der Waals surface area contributed by atoms with E-state index in [1.807, 2.05) is 79.8 Å². The number of hydrogen-bond donors (Lipinski definition) is 0. The van der Waals surface area contributed by atoms with Crippen LogP contribution in [0.15, 0.2) is 59.7 Å². The molecule has 0 unspecified atom stereocenters. The maximum atomic E-state index is 5.40. The lowest BCUT2D eigenvalue weighted by molar-refractivity contribution is 0.340. The van der Waals surface area contributed by atoms with Crippen molar-refractivity contribution in [2.45, 2.75) is 6.92 Å². The lowest BCUT2D eigenvalue weighted by Gasteiger charge is -2.12. The van der Waals surface area contributed by atoms with Gasteiger partial charge < -0.3 is 4.74 Å². The second-order valence-electron chi connectivity index (χ2n) is 4.11. The van der Waals surface area contributed by atoms with Gasteiger partial charge in [0.25, 0.3) is 0 Å². The van der Waals surface area contributed by atoms with Crippen molar-refractivity contribution in [1.29, 1.82) is 0 Å². The summed E-state index contributed by atoms with van der Waals surface area (Å²) in [5.41, 5.74) is 2.11. The monoisotopic (exact) mass is 254 g/mol. The second-order valence-corrected chi connectivity index (χ2v) is 4.11. The number of anilines is 1. The van der Waals surface area contributed by atoms with Gasteiger partial charge in [-0.15, -0.1) is 0 Å². The third-order valence-electron chi connectivity index (χ3n) is 2.70. The fourth-order valence-electron chi connectivity index (χ4n) is 1.68. The Hall–Kier alpha value is -2.29. The van der Waals surface area contributed by atoms with Crippen molar-refractivity contribution < 1.29 is 4.74 Å². The molecule has 0 radical (unpaired) electrons. The van der Waals surface area contributed by atoms with E-state index < -0.39 is 0 Å². The molecule has 0 saturated carbocycles. The van der Waals surface area contributed by atoms with Crippen molar-refractivity contribution >= 4 is 11.9 Å². The molecule has 3 heteroatoms. The van der Waals surface area contributed by atoms with Crippen LogP contribution >= 0.6 is 0 Å². The van der Waals surface area contributed by atoms with E-state index in [0.29, 0.717) is 6.61 Å². The quantitative estimate of drug-likeness (QED) is 0.602. The Kier molecular flexibility index (Phi) is 4.56. The van der Waals surface area contributed by atoms with Crippen LogP contribution in [0.1, 0.15) is 12.5 Å². The molecule has 19 heavy (non-hydrogen) atoms. The fourth-order valence-corrected chi connectivity index (χ4v) is 1.68. The normalized spacial score (nSPS) is 10.6. The molecular formula is C16H18N2O. The van der Waals surface area contributed by atoms with E-state index in [9.17, 15) is 0 Å². The number of benzene rings is 2. The minimum absolute atomic E-state index is 0.685. The van der Waals surface area contributed by atoms with Crippen LogP contribution < -0.4 is 9.75 Å². The molecule has 0 heterocycles. The molecule has 2 aromatic rings. The first-order chi connectivity index (χ1) is 9.29. The van der Waals surface area contributed by atoms with Crippen LogP contribution in [-0.2, 0) is 0 Å². The van der Waals surface area contributed by atoms with Crippen LogP contribution in [0.5, 0.6) is 5.75 Å². The van der Waals surface area contributed by atoms with Crippen molar-refractivity contribution in [1.82, 2.24) is 0 Å². The summed E-state index contributed by atoms with van der Waals surface area (Å²) in [6, 6.07) is 17.9. The fraction of sp³-hybridized carbons (Fsp3) is 0.188. The van der Waals surface area contributed by atoms with Gasteiger partial charge in [0.15, 0.2) is 0 Å². The topological polar surface area (TPSA) is 24.8 Å². The summed E-state index contributed by atoms with van der Waals surface area (Å²) >= 11 is 0. The van der Waals surface area contributed by atoms with Crippen LogP contribution in [0.3, 0.4) is 0 Å². The second kappa shape index (κ2) is 6.59. The molecule has 2 aromatic carbocycles. The van der Waals surface area contributed by atoms with E-state index in [0.717, 1.165) is 17.0 Å². The number of nitrogens with zero attached hydrogens (tertiary/aromatic N) is 2. The van der Waals surface area contributed by atoms with Gasteiger partial charge in [0, 0.05) is 7.05 Å². The van der Waals surface area contributed by atoms with E-state index in [4.69, 9.17) is 4.74 Å². The molecule has 3 nitrogen and oxygen atoms in total. The Morgan fingerprint density at radius 2 is 1.74 bits per heavy atom. The van der Waals surface area contributed by atoms with Gasteiger partial charge in [-0.3, -0.25) is 5.01 Å². The number of ether oxygens (including phenoxy) is 1. The minimum atomic E-state index is 0.685. The summed E-state index contributed by atoms with van der Waals surface area (Å²) in [4.78, 5) is 0. The first-order valence-corrected chi connectivity index (χ1v) is 6.35. The molecule has 0 aromatic heterocycles. The summed E-state index contributed by atoms with van der Waals surface area (Å²) in [7, 11) is 1.93. The minimum Gasteiger partial charge on any atom is -0.494 e. The first kappa shape index (κ1) is 13.1. The molecule has 0 bridgehead atoms. The van der Waals surface area contributed by atoms with Gasteiger partial charge in [-0.1, -0.05) is 18.2 Å². The Morgan fingerprint density at radius 1 is 1.05 bits per heavy atom. The maximum absolute atomic E-state index is 5.40. The zero-order valence-electron chi connectivity index (χ0n) is 11.3. The highest BCUT2D eigenvalue weighted by Gasteiger charge is 1.96. The number of para-hydroxylation sites is 1. The van der Waals surface area contributed by atoms with E-state index in [2.05, 4.69) is 5.10 Å². The van der Waals surface area contributed by atoms with Gasteiger partial charge in [0.1, 0.15) is 5.75 Å². The zero-order valence-corrected chi connectivity index (χ0v) is 11.3. The Morgan fingerprint density at radius 3 is 2.37 bits per heavy atom. The molecule has 0 atom stereocenters. The zero-order chi connectivity index (χ0) is 13.5. The molecule has 0 N–H and O–H groups in total. The lowest BCUT2D eigenvalue weighted by Crippen LogP contribution is -2.08. The highest BCUT2D eigenvalue weighted by atomic mass is 16.5. The summed E-state index contributed by atoms with van der Waals surface area (Å²) < 4.78 is 5.40. The van der Waals surface area contributed by atoms with Crippen molar-refractivity contribution in [2.75, 3.05) is 18.7 Å². The van der Waals surface area contributed by atoms with Crippen LogP contribution in [0.25, 0.3) is 0 Å².